The van der Waals surface area contributed by atoms with Crippen LogP contribution in [0.4, 0.5) is 4.79 Å². The van der Waals surface area contributed by atoms with Crippen LogP contribution in [0.15, 0.2) is 60.3 Å². The van der Waals surface area contributed by atoms with Crippen LogP contribution in [0.1, 0.15) is 64.5 Å². The zero-order chi connectivity index (χ0) is 26.6. The van der Waals surface area contributed by atoms with Crippen LogP contribution in [0.3, 0.4) is 0 Å². The number of carbonyl (C=O) groups is 2. The molecular formula is C30H43N3O4. The van der Waals surface area contributed by atoms with E-state index in [1.165, 1.54) is 0 Å². The van der Waals surface area contributed by atoms with Crippen molar-refractivity contribution in [1.29, 1.82) is 0 Å². The lowest BCUT2D eigenvalue weighted by atomic mass is 9.95. The predicted molar refractivity (Wildman–Crippen MR) is 146 cm³/mol. The monoisotopic (exact) mass is 509 g/mol. The Hall–Kier alpha value is -2.93. The number of piperazine rings is 1. The number of carbonyl (C=O) groups excluding carboxylic acids is 2. The molecule has 1 fully saturated rings. The number of ether oxygens (including phenoxy) is 2. The summed E-state index contributed by atoms with van der Waals surface area (Å²) in [5, 5.41) is 0. The highest BCUT2D eigenvalue weighted by Gasteiger charge is 2.25. The highest BCUT2D eigenvalue weighted by atomic mass is 16.6. The maximum atomic E-state index is 12.8. The summed E-state index contributed by atoms with van der Waals surface area (Å²) in [7, 11) is 2.07. The van der Waals surface area contributed by atoms with Crippen molar-refractivity contribution in [1.82, 2.24) is 14.8 Å². The van der Waals surface area contributed by atoms with Gasteiger partial charge in [0, 0.05) is 56.3 Å². The van der Waals surface area contributed by atoms with Gasteiger partial charge >= 0.3 is 12.1 Å². The van der Waals surface area contributed by atoms with Crippen molar-refractivity contribution < 1.29 is 19.1 Å². The van der Waals surface area contributed by atoms with Gasteiger partial charge in [-0.2, -0.15) is 0 Å². The maximum absolute atomic E-state index is 12.8. The predicted octanol–water partition coefficient (Wildman–Crippen LogP) is 5.51. The van der Waals surface area contributed by atoms with E-state index < -0.39 is 0 Å². The molecule has 37 heavy (non-hydrogen) atoms. The SMILES string of the molecule is C/C(=C\C=C\[C@H](C)c1ccccn1)[C@H]1OC(=O)CCCCC[C@@H](OC(=O)N2CCN(C)CC2)/C=C/[C@@H]1C. The third kappa shape index (κ3) is 9.47. The second-order valence-corrected chi connectivity index (χ2v) is 10.3. The molecule has 0 aliphatic carbocycles. The Morgan fingerprint density at radius 3 is 2.68 bits per heavy atom. The summed E-state index contributed by atoms with van der Waals surface area (Å²) < 4.78 is 11.8. The Morgan fingerprint density at radius 1 is 1.16 bits per heavy atom. The van der Waals surface area contributed by atoms with Gasteiger partial charge < -0.3 is 19.3 Å². The van der Waals surface area contributed by atoms with E-state index in [-0.39, 0.29) is 36.1 Å². The Kier molecular flexibility index (Phi) is 11.4. The Labute approximate surface area is 222 Å². The molecule has 0 bridgehead atoms. The minimum absolute atomic E-state index is 0.0638. The summed E-state index contributed by atoms with van der Waals surface area (Å²) in [6.45, 7) is 9.24. The third-order valence-corrected chi connectivity index (χ3v) is 7.11. The minimum atomic E-state index is -0.382. The van der Waals surface area contributed by atoms with Crippen LogP contribution in [0.25, 0.3) is 0 Å². The van der Waals surface area contributed by atoms with E-state index in [1.54, 1.807) is 11.1 Å². The van der Waals surface area contributed by atoms with Gasteiger partial charge in [0.25, 0.3) is 0 Å². The molecule has 2 aliphatic rings. The Bertz CT molecular complexity index is 951. The molecule has 0 N–H and O–H groups in total. The topological polar surface area (TPSA) is 72.0 Å². The minimum Gasteiger partial charge on any atom is -0.457 e. The zero-order valence-electron chi connectivity index (χ0n) is 22.8. The smallest absolute Gasteiger partial charge is 0.410 e. The van der Waals surface area contributed by atoms with Gasteiger partial charge in [0.2, 0.25) is 0 Å². The van der Waals surface area contributed by atoms with Gasteiger partial charge in [0.15, 0.2) is 0 Å². The molecule has 0 saturated carbocycles. The van der Waals surface area contributed by atoms with Gasteiger partial charge in [0.1, 0.15) is 12.2 Å². The average Bonchev–Trinajstić information content (AvgIpc) is 2.89. The van der Waals surface area contributed by atoms with Gasteiger partial charge in [0.05, 0.1) is 0 Å². The number of nitrogens with zero attached hydrogens (tertiary/aromatic N) is 3. The first-order valence-corrected chi connectivity index (χ1v) is 13.6. The van der Waals surface area contributed by atoms with Crippen molar-refractivity contribution in [2.24, 2.45) is 5.92 Å². The number of esters is 1. The molecule has 1 aromatic rings. The van der Waals surface area contributed by atoms with Crippen molar-refractivity contribution in [3.05, 3.63) is 66.0 Å². The standard InChI is InChI=1S/C30H43N3O4/c1-23(27-14-8-9-18-31-27)11-10-12-24(2)29-25(3)16-17-26(13-6-5-7-15-28(34)37-29)36-30(35)33-21-19-32(4)20-22-33/h8-12,14,16-18,23,25-26,29H,5-7,13,15,19-22H2,1-4H3/b11-10+,17-16+,24-12+/t23-,25-,26+,29+/m0/s1. The summed E-state index contributed by atoms with van der Waals surface area (Å²) >= 11 is 0. The van der Waals surface area contributed by atoms with E-state index in [4.69, 9.17) is 9.47 Å². The summed E-state index contributed by atoms with van der Waals surface area (Å²) in [4.78, 5) is 33.8. The van der Waals surface area contributed by atoms with Gasteiger partial charge in [-0.25, -0.2) is 4.79 Å². The van der Waals surface area contributed by atoms with E-state index in [0.29, 0.717) is 19.5 Å². The van der Waals surface area contributed by atoms with Gasteiger partial charge in [-0.15, -0.1) is 0 Å². The first-order valence-electron chi connectivity index (χ1n) is 13.6. The molecule has 0 unspecified atom stereocenters. The fourth-order valence-electron chi connectivity index (χ4n) is 4.61. The molecule has 0 aromatic carbocycles. The Morgan fingerprint density at radius 2 is 1.95 bits per heavy atom. The van der Waals surface area contributed by atoms with E-state index in [0.717, 1.165) is 50.0 Å². The zero-order valence-corrected chi connectivity index (χ0v) is 22.8. The lowest BCUT2D eigenvalue weighted by Gasteiger charge is -2.32. The first kappa shape index (κ1) is 28.6. The number of allylic oxidation sites excluding steroid dienone is 3. The summed E-state index contributed by atoms with van der Waals surface area (Å²) in [5.41, 5.74) is 1.98. The van der Waals surface area contributed by atoms with Crippen molar-refractivity contribution in [3.63, 3.8) is 0 Å². The van der Waals surface area contributed by atoms with E-state index >= 15 is 0 Å². The van der Waals surface area contributed by atoms with Crippen LogP contribution in [0, 0.1) is 5.92 Å². The van der Waals surface area contributed by atoms with Crippen molar-refractivity contribution in [3.8, 4) is 0 Å². The first-order chi connectivity index (χ1) is 17.8. The lowest BCUT2D eigenvalue weighted by molar-refractivity contribution is -0.148. The lowest BCUT2D eigenvalue weighted by Crippen LogP contribution is -2.47. The van der Waals surface area contributed by atoms with Crippen molar-refractivity contribution >= 4 is 12.1 Å². The highest BCUT2D eigenvalue weighted by Crippen LogP contribution is 2.23. The number of hydrogen-bond donors (Lipinski definition) is 0. The molecule has 7 heteroatoms. The number of cyclic esters (lactones) is 1. The molecule has 4 atom stereocenters. The number of hydrogen-bond acceptors (Lipinski definition) is 6. The molecule has 3 heterocycles. The number of pyridine rings is 1. The second kappa shape index (κ2) is 14.7. The van der Waals surface area contributed by atoms with Crippen LogP contribution in [-0.2, 0) is 14.3 Å². The fourth-order valence-corrected chi connectivity index (χ4v) is 4.61. The molecular weight excluding hydrogens is 466 g/mol. The molecule has 0 spiro atoms. The fraction of sp³-hybridized carbons (Fsp3) is 0.567. The average molecular weight is 510 g/mol. The normalized spacial score (nSPS) is 26.6. The van der Waals surface area contributed by atoms with E-state index in [9.17, 15) is 9.59 Å². The quantitative estimate of drug-likeness (QED) is 0.296. The summed E-state index contributed by atoms with van der Waals surface area (Å²) in [5.74, 6) is -0.0503. The number of amides is 1. The second-order valence-electron chi connectivity index (χ2n) is 10.3. The maximum Gasteiger partial charge on any atom is 0.410 e. The number of rotatable bonds is 5. The Balaban J connectivity index is 1.69. The number of likely N-dealkylation sites (N-methyl/N-ethyl adjacent to an activating group) is 1. The van der Waals surface area contributed by atoms with Crippen LogP contribution in [0.5, 0.6) is 0 Å². The molecule has 2 aliphatic heterocycles. The van der Waals surface area contributed by atoms with E-state index in [1.807, 2.05) is 56.4 Å². The molecule has 202 valence electrons. The van der Waals surface area contributed by atoms with Crippen LogP contribution in [-0.4, -0.2) is 72.3 Å². The van der Waals surface area contributed by atoms with Crippen LogP contribution < -0.4 is 0 Å². The largest absolute Gasteiger partial charge is 0.457 e. The summed E-state index contributed by atoms with van der Waals surface area (Å²) in [6, 6.07) is 5.91. The van der Waals surface area contributed by atoms with Gasteiger partial charge in [-0.1, -0.05) is 50.6 Å². The van der Waals surface area contributed by atoms with Crippen LogP contribution >= 0.6 is 0 Å². The molecule has 1 saturated heterocycles. The highest BCUT2D eigenvalue weighted by molar-refractivity contribution is 5.70. The van der Waals surface area contributed by atoms with Crippen molar-refractivity contribution in [2.75, 3.05) is 33.2 Å². The van der Waals surface area contributed by atoms with Crippen LogP contribution in [0.2, 0.25) is 0 Å². The van der Waals surface area contributed by atoms with E-state index in [2.05, 4.69) is 29.9 Å². The summed E-state index contributed by atoms with van der Waals surface area (Å²) in [6.07, 6.45) is 14.7. The van der Waals surface area contributed by atoms with Crippen molar-refractivity contribution in [2.45, 2.75) is 71.0 Å². The molecule has 1 aromatic heterocycles. The molecule has 7 nitrogen and oxygen atoms in total. The van der Waals surface area contributed by atoms with Gasteiger partial charge in [-0.3, -0.25) is 9.78 Å². The number of aromatic nitrogens is 1. The molecule has 3 rings (SSSR count). The third-order valence-electron chi connectivity index (χ3n) is 7.11. The van der Waals surface area contributed by atoms with Gasteiger partial charge in [-0.05, 0) is 57.0 Å². The molecule has 1 amide bonds. The molecule has 0 radical (unpaired) electrons.